The van der Waals surface area contributed by atoms with Gasteiger partial charge in [-0.05, 0) is 35.0 Å². The smallest absolute Gasteiger partial charge is 0.261 e. The number of halogens is 4. The summed E-state index contributed by atoms with van der Waals surface area (Å²) < 4.78 is 30.3. The molecule has 18 heavy (non-hydrogen) atoms. The molecule has 1 aromatic heterocycles. The Balaban J connectivity index is 2.49. The van der Waals surface area contributed by atoms with Crippen LogP contribution in [0.2, 0.25) is 4.34 Å². The van der Waals surface area contributed by atoms with Crippen molar-refractivity contribution in [1.29, 1.82) is 0 Å². The van der Waals surface area contributed by atoms with Gasteiger partial charge < -0.3 is 10.1 Å². The number of hydrogen-bond donors (Lipinski definition) is 1. The number of hydrogen-bond acceptors (Lipinski definition) is 3. The van der Waals surface area contributed by atoms with E-state index >= 15 is 0 Å². The predicted molar refractivity (Wildman–Crippen MR) is 74.9 cm³/mol. The number of rotatable bonds is 8. The van der Waals surface area contributed by atoms with E-state index in [9.17, 15) is 8.78 Å². The number of ether oxygens (including phenoxy) is 1. The lowest BCUT2D eigenvalue weighted by atomic mass is 10.2. The molecule has 0 spiro atoms. The molecule has 0 saturated heterocycles. The van der Waals surface area contributed by atoms with Crippen LogP contribution in [0.5, 0.6) is 0 Å². The van der Waals surface area contributed by atoms with E-state index in [1.54, 1.807) is 0 Å². The fraction of sp³-hybridized carbons (Fsp3) is 0.636. The monoisotopic (exact) mass is 361 g/mol. The van der Waals surface area contributed by atoms with Gasteiger partial charge in [0.05, 0.1) is 0 Å². The maximum atomic E-state index is 11.9. The van der Waals surface area contributed by atoms with Crippen LogP contribution in [0.25, 0.3) is 0 Å². The van der Waals surface area contributed by atoms with Crippen LogP contribution in [0, 0.1) is 0 Å². The molecule has 1 atom stereocenters. The zero-order valence-corrected chi connectivity index (χ0v) is 13.0. The van der Waals surface area contributed by atoms with Gasteiger partial charge in [-0.1, -0.05) is 18.5 Å². The van der Waals surface area contributed by atoms with E-state index in [0.29, 0.717) is 17.4 Å². The van der Waals surface area contributed by atoms with E-state index in [1.807, 2.05) is 13.0 Å². The van der Waals surface area contributed by atoms with Crippen molar-refractivity contribution in [3.63, 3.8) is 0 Å². The molecule has 0 aliphatic heterocycles. The normalized spacial score (nSPS) is 13.2. The van der Waals surface area contributed by atoms with Crippen molar-refractivity contribution in [3.8, 4) is 0 Å². The zero-order valence-electron chi connectivity index (χ0n) is 9.89. The Morgan fingerprint density at radius 3 is 2.78 bits per heavy atom. The fourth-order valence-electron chi connectivity index (χ4n) is 1.50. The van der Waals surface area contributed by atoms with Gasteiger partial charge in [-0.2, -0.15) is 0 Å². The van der Waals surface area contributed by atoms with Crippen LogP contribution in [0.4, 0.5) is 8.78 Å². The molecule has 0 saturated carbocycles. The topological polar surface area (TPSA) is 21.3 Å². The number of thiophene rings is 1. The highest BCUT2D eigenvalue weighted by atomic mass is 79.9. The van der Waals surface area contributed by atoms with E-state index < -0.39 is 13.0 Å². The summed E-state index contributed by atoms with van der Waals surface area (Å²) in [6, 6.07) is 2.04. The standard InChI is InChI=1S/C11H15BrClF2NOS/c1-2-16-8(3-4-17-6-10(14)15)9-5-7(12)11(13)18-9/h5,8,10,16H,2-4,6H2,1H3. The molecule has 0 aliphatic carbocycles. The van der Waals surface area contributed by atoms with Gasteiger partial charge in [-0.25, -0.2) is 8.78 Å². The van der Waals surface area contributed by atoms with Crippen LogP contribution in [-0.2, 0) is 4.74 Å². The summed E-state index contributed by atoms with van der Waals surface area (Å²) in [6.07, 6.45) is -1.77. The van der Waals surface area contributed by atoms with Crippen molar-refractivity contribution in [2.24, 2.45) is 0 Å². The van der Waals surface area contributed by atoms with Gasteiger partial charge in [-0.15, -0.1) is 11.3 Å². The van der Waals surface area contributed by atoms with Crippen LogP contribution in [0.1, 0.15) is 24.3 Å². The van der Waals surface area contributed by atoms with Crippen molar-refractivity contribution in [3.05, 3.63) is 19.8 Å². The molecule has 1 aromatic rings. The summed E-state index contributed by atoms with van der Waals surface area (Å²) >= 11 is 10.8. The summed E-state index contributed by atoms with van der Waals surface area (Å²) in [4.78, 5) is 1.08. The van der Waals surface area contributed by atoms with Crippen molar-refractivity contribution in [2.75, 3.05) is 19.8 Å². The van der Waals surface area contributed by atoms with Gasteiger partial charge in [0.1, 0.15) is 10.9 Å². The Morgan fingerprint density at radius 2 is 2.28 bits per heavy atom. The zero-order chi connectivity index (χ0) is 13.5. The van der Waals surface area contributed by atoms with Crippen LogP contribution >= 0.6 is 38.9 Å². The third-order valence-electron chi connectivity index (χ3n) is 2.25. The molecule has 2 nitrogen and oxygen atoms in total. The van der Waals surface area contributed by atoms with Crippen LogP contribution < -0.4 is 5.32 Å². The van der Waals surface area contributed by atoms with Crippen LogP contribution in [0.3, 0.4) is 0 Å². The Morgan fingerprint density at radius 1 is 1.56 bits per heavy atom. The van der Waals surface area contributed by atoms with Gasteiger partial charge in [0.15, 0.2) is 0 Å². The Bertz CT molecular complexity index is 345. The molecular weight excluding hydrogens is 348 g/mol. The van der Waals surface area contributed by atoms with Gasteiger partial charge in [0.2, 0.25) is 0 Å². The number of nitrogens with one attached hydrogen (secondary N) is 1. The molecule has 1 heterocycles. The van der Waals surface area contributed by atoms with Gasteiger partial charge in [0.25, 0.3) is 6.43 Å². The van der Waals surface area contributed by atoms with Gasteiger partial charge in [0, 0.05) is 22.0 Å². The summed E-state index contributed by atoms with van der Waals surface area (Å²) in [5, 5.41) is 3.29. The molecule has 1 unspecified atom stereocenters. The quantitative estimate of drug-likeness (QED) is 0.688. The minimum absolute atomic E-state index is 0.0847. The fourth-order valence-corrected chi connectivity index (χ4v) is 3.35. The second-order valence-corrected chi connectivity index (χ2v) is 6.18. The number of alkyl halides is 2. The molecule has 0 aromatic carbocycles. The van der Waals surface area contributed by atoms with Crippen molar-refractivity contribution in [2.45, 2.75) is 25.8 Å². The lowest BCUT2D eigenvalue weighted by Crippen LogP contribution is -2.22. The lowest BCUT2D eigenvalue weighted by molar-refractivity contribution is 0.0145. The Hall–Kier alpha value is 0.250. The van der Waals surface area contributed by atoms with E-state index in [4.69, 9.17) is 16.3 Å². The van der Waals surface area contributed by atoms with Gasteiger partial charge in [-0.3, -0.25) is 0 Å². The molecule has 1 N–H and O–H groups in total. The molecule has 0 radical (unpaired) electrons. The molecule has 0 bridgehead atoms. The third kappa shape index (κ3) is 5.48. The third-order valence-corrected chi connectivity index (χ3v) is 4.84. The summed E-state index contributed by atoms with van der Waals surface area (Å²) in [6.45, 7) is 2.59. The summed E-state index contributed by atoms with van der Waals surface area (Å²) in [5.41, 5.74) is 0. The van der Waals surface area contributed by atoms with E-state index in [0.717, 1.165) is 15.9 Å². The summed E-state index contributed by atoms with van der Waals surface area (Å²) in [5.74, 6) is 0. The SMILES string of the molecule is CCNC(CCOCC(F)F)c1cc(Br)c(Cl)s1. The highest BCUT2D eigenvalue weighted by Gasteiger charge is 2.15. The molecule has 0 fully saturated rings. The first-order chi connectivity index (χ1) is 8.54. The first-order valence-corrected chi connectivity index (χ1v) is 7.57. The maximum absolute atomic E-state index is 11.9. The van der Waals surface area contributed by atoms with Crippen LogP contribution in [-0.4, -0.2) is 26.2 Å². The molecule has 104 valence electrons. The second kappa shape index (κ2) is 8.43. The van der Waals surface area contributed by atoms with Crippen molar-refractivity contribution < 1.29 is 13.5 Å². The second-order valence-electron chi connectivity index (χ2n) is 3.64. The van der Waals surface area contributed by atoms with E-state index in [-0.39, 0.29) is 6.04 Å². The minimum atomic E-state index is -2.41. The molecule has 1 rings (SSSR count). The molecular formula is C11H15BrClF2NOS. The maximum Gasteiger partial charge on any atom is 0.261 e. The first kappa shape index (κ1) is 16.3. The lowest BCUT2D eigenvalue weighted by Gasteiger charge is -2.16. The van der Waals surface area contributed by atoms with Crippen molar-refractivity contribution in [1.82, 2.24) is 5.32 Å². The highest BCUT2D eigenvalue weighted by Crippen LogP contribution is 2.36. The largest absolute Gasteiger partial charge is 0.375 e. The molecule has 0 amide bonds. The first-order valence-electron chi connectivity index (χ1n) is 5.58. The average Bonchev–Trinajstić information content (AvgIpc) is 2.63. The van der Waals surface area contributed by atoms with Crippen molar-refractivity contribution >= 4 is 38.9 Å². The van der Waals surface area contributed by atoms with Crippen LogP contribution in [0.15, 0.2) is 10.5 Å². The molecule has 7 heteroatoms. The minimum Gasteiger partial charge on any atom is -0.375 e. The Kier molecular flexibility index (Phi) is 7.63. The van der Waals surface area contributed by atoms with E-state index in [2.05, 4.69) is 21.2 Å². The van der Waals surface area contributed by atoms with Gasteiger partial charge >= 0.3 is 0 Å². The average molecular weight is 363 g/mol. The van der Waals surface area contributed by atoms with E-state index in [1.165, 1.54) is 11.3 Å². The summed E-state index contributed by atoms with van der Waals surface area (Å²) in [7, 11) is 0. The highest BCUT2D eigenvalue weighted by molar-refractivity contribution is 9.10. The predicted octanol–water partition coefficient (Wildman–Crippen LogP) is 4.49. The molecule has 0 aliphatic rings. The Labute approximate surface area is 123 Å².